The second-order valence-electron chi connectivity index (χ2n) is 5.49. The Hall–Kier alpha value is -2.16. The molecule has 3 heteroatoms. The number of carbonyl (C=O) groups is 1. The van der Waals surface area contributed by atoms with Gasteiger partial charge in [-0.05, 0) is 37.0 Å². The largest absolute Gasteiger partial charge is 0.351 e. The van der Waals surface area contributed by atoms with E-state index in [2.05, 4.69) is 41.5 Å². The predicted octanol–water partition coefficient (Wildman–Crippen LogP) is 2.74. The molecule has 0 aliphatic heterocycles. The third kappa shape index (κ3) is 2.44. The van der Waals surface area contributed by atoms with E-state index in [4.69, 9.17) is 0 Å². The van der Waals surface area contributed by atoms with Gasteiger partial charge in [0.1, 0.15) is 0 Å². The van der Waals surface area contributed by atoms with Crippen LogP contribution in [-0.4, -0.2) is 10.9 Å². The van der Waals surface area contributed by atoms with Gasteiger partial charge in [0.2, 0.25) is 5.91 Å². The fourth-order valence-corrected chi connectivity index (χ4v) is 2.50. The van der Waals surface area contributed by atoms with Crippen LogP contribution >= 0.6 is 0 Å². The highest BCUT2D eigenvalue weighted by Gasteiger charge is 2.50. The molecule has 1 fully saturated rings. The van der Waals surface area contributed by atoms with Gasteiger partial charge in [0.15, 0.2) is 0 Å². The molecule has 1 saturated carbocycles. The quantitative estimate of drug-likeness (QED) is 0.924. The zero-order valence-corrected chi connectivity index (χ0v) is 11.6. The standard InChI is InChI=1S/C17H18N2O/c1-13-4-6-15(7-5-13)17(8-9-17)16(20)19-12-14-3-2-10-18-11-14/h2-7,10-11H,8-9,12H2,1H3,(H,19,20). The summed E-state index contributed by atoms with van der Waals surface area (Å²) < 4.78 is 0. The van der Waals surface area contributed by atoms with E-state index < -0.39 is 0 Å². The van der Waals surface area contributed by atoms with Crippen molar-refractivity contribution in [2.75, 3.05) is 0 Å². The number of rotatable bonds is 4. The van der Waals surface area contributed by atoms with Gasteiger partial charge >= 0.3 is 0 Å². The molecule has 0 saturated heterocycles. The molecular formula is C17H18N2O. The lowest BCUT2D eigenvalue weighted by atomic mass is 9.94. The van der Waals surface area contributed by atoms with Gasteiger partial charge in [-0.1, -0.05) is 35.9 Å². The van der Waals surface area contributed by atoms with E-state index in [9.17, 15) is 4.79 Å². The van der Waals surface area contributed by atoms with Gasteiger partial charge < -0.3 is 5.32 Å². The number of hydrogen-bond acceptors (Lipinski definition) is 2. The molecule has 1 heterocycles. The molecule has 2 aromatic rings. The maximum absolute atomic E-state index is 12.5. The third-order valence-electron chi connectivity index (χ3n) is 3.96. The van der Waals surface area contributed by atoms with Crippen LogP contribution in [0.15, 0.2) is 48.8 Å². The summed E-state index contributed by atoms with van der Waals surface area (Å²) in [7, 11) is 0. The molecule has 1 aliphatic carbocycles. The SMILES string of the molecule is Cc1ccc(C2(C(=O)NCc3cccnc3)CC2)cc1. The van der Waals surface area contributed by atoms with Crippen molar-refractivity contribution in [3.05, 3.63) is 65.5 Å². The lowest BCUT2D eigenvalue weighted by Gasteiger charge is -2.16. The van der Waals surface area contributed by atoms with Crippen LogP contribution in [0.4, 0.5) is 0 Å². The van der Waals surface area contributed by atoms with Crippen LogP contribution in [-0.2, 0) is 16.8 Å². The van der Waals surface area contributed by atoms with E-state index >= 15 is 0 Å². The maximum atomic E-state index is 12.5. The number of aryl methyl sites for hydroxylation is 1. The van der Waals surface area contributed by atoms with Gasteiger partial charge in [0.25, 0.3) is 0 Å². The summed E-state index contributed by atoms with van der Waals surface area (Å²) in [6, 6.07) is 12.2. The molecule has 1 amide bonds. The van der Waals surface area contributed by atoms with Crippen molar-refractivity contribution >= 4 is 5.91 Å². The smallest absolute Gasteiger partial charge is 0.230 e. The van der Waals surface area contributed by atoms with Crippen LogP contribution < -0.4 is 5.32 Å². The van der Waals surface area contributed by atoms with Crippen LogP contribution in [0.25, 0.3) is 0 Å². The molecule has 102 valence electrons. The number of hydrogen-bond donors (Lipinski definition) is 1. The Bertz CT molecular complexity index is 601. The van der Waals surface area contributed by atoms with E-state index in [1.165, 1.54) is 5.56 Å². The van der Waals surface area contributed by atoms with Crippen molar-refractivity contribution in [1.82, 2.24) is 10.3 Å². The van der Waals surface area contributed by atoms with Gasteiger partial charge in [-0.15, -0.1) is 0 Å². The van der Waals surface area contributed by atoms with Crippen molar-refractivity contribution in [3.63, 3.8) is 0 Å². The molecule has 0 bridgehead atoms. The Kier molecular flexibility index (Phi) is 3.26. The second kappa shape index (κ2) is 5.08. The topological polar surface area (TPSA) is 42.0 Å². The summed E-state index contributed by atoms with van der Waals surface area (Å²) >= 11 is 0. The van der Waals surface area contributed by atoms with Crippen molar-refractivity contribution in [2.24, 2.45) is 0 Å². The molecule has 3 rings (SSSR count). The first kappa shape index (κ1) is 12.9. The fraction of sp³-hybridized carbons (Fsp3) is 0.294. The number of aromatic nitrogens is 1. The zero-order chi connectivity index (χ0) is 14.0. The lowest BCUT2D eigenvalue weighted by molar-refractivity contribution is -0.123. The molecule has 0 radical (unpaired) electrons. The third-order valence-corrected chi connectivity index (χ3v) is 3.96. The van der Waals surface area contributed by atoms with Gasteiger partial charge in [-0.3, -0.25) is 9.78 Å². The Morgan fingerprint density at radius 3 is 2.60 bits per heavy atom. The van der Waals surface area contributed by atoms with Crippen LogP contribution in [0.3, 0.4) is 0 Å². The van der Waals surface area contributed by atoms with Crippen LogP contribution in [0, 0.1) is 6.92 Å². The van der Waals surface area contributed by atoms with Crippen molar-refractivity contribution in [3.8, 4) is 0 Å². The van der Waals surface area contributed by atoms with Gasteiger partial charge in [-0.25, -0.2) is 0 Å². The highest BCUT2D eigenvalue weighted by atomic mass is 16.2. The van der Waals surface area contributed by atoms with Crippen molar-refractivity contribution in [1.29, 1.82) is 0 Å². The molecule has 0 unspecified atom stereocenters. The highest BCUT2D eigenvalue weighted by molar-refractivity contribution is 5.91. The molecule has 1 N–H and O–H groups in total. The molecule has 20 heavy (non-hydrogen) atoms. The first-order chi connectivity index (χ1) is 9.71. The molecule has 3 nitrogen and oxygen atoms in total. The Morgan fingerprint density at radius 2 is 2.00 bits per heavy atom. The Balaban J connectivity index is 1.69. The predicted molar refractivity (Wildman–Crippen MR) is 78.2 cm³/mol. The first-order valence-corrected chi connectivity index (χ1v) is 6.95. The van der Waals surface area contributed by atoms with Gasteiger partial charge in [0, 0.05) is 18.9 Å². The summed E-state index contributed by atoms with van der Waals surface area (Å²) in [6.45, 7) is 2.60. The lowest BCUT2D eigenvalue weighted by Crippen LogP contribution is -2.34. The first-order valence-electron chi connectivity index (χ1n) is 6.95. The number of carbonyl (C=O) groups excluding carboxylic acids is 1. The maximum Gasteiger partial charge on any atom is 0.230 e. The van der Waals surface area contributed by atoms with E-state index in [1.54, 1.807) is 12.4 Å². The minimum Gasteiger partial charge on any atom is -0.351 e. The fourth-order valence-electron chi connectivity index (χ4n) is 2.50. The van der Waals surface area contributed by atoms with Gasteiger partial charge in [0.05, 0.1) is 5.41 Å². The summed E-state index contributed by atoms with van der Waals surface area (Å²) in [5, 5.41) is 3.04. The van der Waals surface area contributed by atoms with Gasteiger partial charge in [-0.2, -0.15) is 0 Å². The summed E-state index contributed by atoms with van der Waals surface area (Å²) in [5.74, 6) is 0.130. The van der Waals surface area contributed by atoms with Crippen molar-refractivity contribution in [2.45, 2.75) is 31.7 Å². The van der Waals surface area contributed by atoms with E-state index in [1.807, 2.05) is 12.1 Å². The molecule has 1 aromatic heterocycles. The second-order valence-corrected chi connectivity index (χ2v) is 5.49. The van der Waals surface area contributed by atoms with E-state index in [0.717, 1.165) is 24.0 Å². The minimum absolute atomic E-state index is 0.130. The number of benzene rings is 1. The normalized spacial score (nSPS) is 15.7. The number of amides is 1. The average molecular weight is 266 g/mol. The number of nitrogens with zero attached hydrogens (tertiary/aromatic N) is 1. The van der Waals surface area contributed by atoms with E-state index in [0.29, 0.717) is 6.54 Å². The van der Waals surface area contributed by atoms with E-state index in [-0.39, 0.29) is 11.3 Å². The number of pyridine rings is 1. The average Bonchev–Trinajstić information content (AvgIpc) is 3.28. The summed E-state index contributed by atoms with van der Waals surface area (Å²) in [6.07, 6.45) is 5.40. The van der Waals surface area contributed by atoms with Crippen LogP contribution in [0.1, 0.15) is 29.5 Å². The van der Waals surface area contributed by atoms with Crippen LogP contribution in [0.2, 0.25) is 0 Å². The minimum atomic E-state index is -0.296. The zero-order valence-electron chi connectivity index (χ0n) is 11.6. The monoisotopic (exact) mass is 266 g/mol. The molecule has 0 spiro atoms. The highest BCUT2D eigenvalue weighted by Crippen LogP contribution is 2.48. The molecule has 1 aliphatic rings. The molecule has 1 aromatic carbocycles. The van der Waals surface area contributed by atoms with Crippen LogP contribution in [0.5, 0.6) is 0 Å². The van der Waals surface area contributed by atoms with Crippen molar-refractivity contribution < 1.29 is 4.79 Å². The Labute approximate surface area is 119 Å². The molecule has 0 atom stereocenters. The summed E-state index contributed by atoms with van der Waals surface area (Å²) in [4.78, 5) is 16.5. The summed E-state index contributed by atoms with van der Waals surface area (Å²) in [5.41, 5.74) is 3.09. The number of nitrogens with one attached hydrogen (secondary N) is 1. The molecular weight excluding hydrogens is 248 g/mol. The Morgan fingerprint density at radius 1 is 1.25 bits per heavy atom.